The topological polar surface area (TPSA) is 43.8 Å². The lowest BCUT2D eigenvalue weighted by atomic mass is 10.0. The number of imidazole rings is 1. The third kappa shape index (κ3) is 2.23. The third-order valence-corrected chi connectivity index (χ3v) is 3.23. The van der Waals surface area contributed by atoms with Crippen LogP contribution in [0.1, 0.15) is 51.4 Å². The molecule has 1 heterocycles. The Balaban J connectivity index is 2.10. The standard InChI is InChI=1S/C12H21N3/c1-8(2)4-10(13)12-6-14-7-15(12)11-5-9(11)3/h6-11H,4-5,13H2,1-3H3. The molecule has 3 unspecified atom stereocenters. The molecule has 0 bridgehead atoms. The summed E-state index contributed by atoms with van der Waals surface area (Å²) >= 11 is 0. The van der Waals surface area contributed by atoms with E-state index >= 15 is 0 Å². The molecule has 0 aliphatic heterocycles. The zero-order chi connectivity index (χ0) is 11.0. The molecule has 1 fully saturated rings. The second kappa shape index (κ2) is 3.97. The van der Waals surface area contributed by atoms with Crippen molar-refractivity contribution in [3.8, 4) is 0 Å². The molecule has 1 saturated carbocycles. The van der Waals surface area contributed by atoms with E-state index in [0.29, 0.717) is 12.0 Å². The van der Waals surface area contributed by atoms with Crippen LogP contribution in [0.5, 0.6) is 0 Å². The molecule has 1 aliphatic carbocycles. The van der Waals surface area contributed by atoms with Gasteiger partial charge >= 0.3 is 0 Å². The Kier molecular flexibility index (Phi) is 2.83. The van der Waals surface area contributed by atoms with Crippen LogP contribution < -0.4 is 5.73 Å². The van der Waals surface area contributed by atoms with Crippen molar-refractivity contribution in [1.82, 2.24) is 9.55 Å². The summed E-state index contributed by atoms with van der Waals surface area (Å²) in [5, 5.41) is 0. The molecule has 0 amide bonds. The smallest absolute Gasteiger partial charge is 0.0951 e. The quantitative estimate of drug-likeness (QED) is 0.824. The molecule has 2 N–H and O–H groups in total. The highest BCUT2D eigenvalue weighted by atomic mass is 15.1. The third-order valence-electron chi connectivity index (χ3n) is 3.23. The van der Waals surface area contributed by atoms with Crippen LogP contribution in [0, 0.1) is 11.8 Å². The molecular weight excluding hydrogens is 186 g/mol. The number of hydrogen-bond donors (Lipinski definition) is 1. The van der Waals surface area contributed by atoms with Gasteiger partial charge in [-0.2, -0.15) is 0 Å². The van der Waals surface area contributed by atoms with Crippen molar-refractivity contribution in [1.29, 1.82) is 0 Å². The van der Waals surface area contributed by atoms with E-state index in [1.807, 2.05) is 12.5 Å². The lowest BCUT2D eigenvalue weighted by Gasteiger charge is -2.16. The Morgan fingerprint density at radius 1 is 1.60 bits per heavy atom. The summed E-state index contributed by atoms with van der Waals surface area (Å²) in [6, 6.07) is 0.793. The molecule has 0 radical (unpaired) electrons. The predicted molar refractivity (Wildman–Crippen MR) is 61.4 cm³/mol. The molecular formula is C12H21N3. The average molecular weight is 207 g/mol. The maximum Gasteiger partial charge on any atom is 0.0951 e. The molecule has 3 nitrogen and oxygen atoms in total. The number of hydrogen-bond acceptors (Lipinski definition) is 2. The molecule has 0 aromatic carbocycles. The van der Waals surface area contributed by atoms with Crippen molar-refractivity contribution in [2.45, 2.75) is 45.7 Å². The Bertz CT molecular complexity index is 329. The van der Waals surface area contributed by atoms with E-state index in [1.165, 1.54) is 12.1 Å². The summed E-state index contributed by atoms with van der Waals surface area (Å²) in [7, 11) is 0. The minimum atomic E-state index is 0.139. The first kappa shape index (κ1) is 10.7. The van der Waals surface area contributed by atoms with Crippen molar-refractivity contribution in [3.63, 3.8) is 0 Å². The Hall–Kier alpha value is -0.830. The molecule has 2 rings (SSSR count). The van der Waals surface area contributed by atoms with E-state index in [4.69, 9.17) is 5.73 Å². The van der Waals surface area contributed by atoms with Crippen LogP contribution in [0.2, 0.25) is 0 Å². The van der Waals surface area contributed by atoms with E-state index < -0.39 is 0 Å². The normalized spacial score (nSPS) is 27.0. The predicted octanol–water partition coefficient (Wildman–Crippen LogP) is 2.51. The molecule has 0 saturated heterocycles. The summed E-state index contributed by atoms with van der Waals surface area (Å²) in [4.78, 5) is 4.23. The van der Waals surface area contributed by atoms with Gasteiger partial charge in [0.05, 0.1) is 12.0 Å². The van der Waals surface area contributed by atoms with Crippen molar-refractivity contribution < 1.29 is 0 Å². The fourth-order valence-corrected chi connectivity index (χ4v) is 2.20. The zero-order valence-electron chi connectivity index (χ0n) is 9.85. The van der Waals surface area contributed by atoms with Gasteiger partial charge in [-0.1, -0.05) is 20.8 Å². The van der Waals surface area contributed by atoms with Gasteiger partial charge in [0, 0.05) is 18.3 Å². The van der Waals surface area contributed by atoms with Crippen LogP contribution in [0.25, 0.3) is 0 Å². The van der Waals surface area contributed by atoms with Gasteiger partial charge in [-0.25, -0.2) is 4.98 Å². The van der Waals surface area contributed by atoms with E-state index in [2.05, 4.69) is 30.3 Å². The zero-order valence-corrected chi connectivity index (χ0v) is 9.85. The molecule has 1 aromatic heterocycles. The second-order valence-corrected chi connectivity index (χ2v) is 5.24. The second-order valence-electron chi connectivity index (χ2n) is 5.24. The Morgan fingerprint density at radius 2 is 2.27 bits per heavy atom. The minimum absolute atomic E-state index is 0.139. The number of nitrogens with two attached hydrogens (primary N) is 1. The number of aromatic nitrogens is 2. The summed E-state index contributed by atoms with van der Waals surface area (Å²) in [5.74, 6) is 1.43. The van der Waals surface area contributed by atoms with Gasteiger partial charge in [0.2, 0.25) is 0 Å². The van der Waals surface area contributed by atoms with Crippen molar-refractivity contribution in [3.05, 3.63) is 18.2 Å². The van der Waals surface area contributed by atoms with Crippen LogP contribution >= 0.6 is 0 Å². The van der Waals surface area contributed by atoms with Gasteiger partial charge in [0.25, 0.3) is 0 Å². The molecule has 3 atom stereocenters. The minimum Gasteiger partial charge on any atom is -0.330 e. The van der Waals surface area contributed by atoms with E-state index in [-0.39, 0.29) is 6.04 Å². The molecule has 1 aromatic rings. The van der Waals surface area contributed by atoms with E-state index in [9.17, 15) is 0 Å². The molecule has 0 spiro atoms. The summed E-state index contributed by atoms with van der Waals surface area (Å²) in [6.45, 7) is 6.70. The molecule has 3 heteroatoms. The highest BCUT2D eigenvalue weighted by molar-refractivity contribution is 5.09. The maximum absolute atomic E-state index is 6.19. The number of nitrogens with zero attached hydrogens (tertiary/aromatic N) is 2. The van der Waals surface area contributed by atoms with E-state index in [0.717, 1.165) is 12.3 Å². The fraction of sp³-hybridized carbons (Fsp3) is 0.750. The Morgan fingerprint density at radius 3 is 2.80 bits per heavy atom. The monoisotopic (exact) mass is 207 g/mol. The summed E-state index contributed by atoms with van der Waals surface area (Å²) in [6.07, 6.45) is 6.17. The van der Waals surface area contributed by atoms with Crippen molar-refractivity contribution in [2.75, 3.05) is 0 Å². The van der Waals surface area contributed by atoms with Gasteiger partial charge in [-0.3, -0.25) is 0 Å². The number of rotatable bonds is 4. The van der Waals surface area contributed by atoms with Gasteiger partial charge in [0.1, 0.15) is 0 Å². The largest absolute Gasteiger partial charge is 0.330 e. The van der Waals surface area contributed by atoms with Crippen LogP contribution in [0.15, 0.2) is 12.5 Å². The van der Waals surface area contributed by atoms with Crippen molar-refractivity contribution >= 4 is 0 Å². The highest BCUT2D eigenvalue weighted by Crippen LogP contribution is 2.44. The highest BCUT2D eigenvalue weighted by Gasteiger charge is 2.35. The lowest BCUT2D eigenvalue weighted by molar-refractivity contribution is 0.481. The lowest BCUT2D eigenvalue weighted by Crippen LogP contribution is -2.17. The molecule has 15 heavy (non-hydrogen) atoms. The SMILES string of the molecule is CC(C)CC(N)c1cncn1C1CC1C. The van der Waals surface area contributed by atoms with Crippen molar-refractivity contribution in [2.24, 2.45) is 17.6 Å². The summed E-state index contributed by atoms with van der Waals surface area (Å²) in [5.41, 5.74) is 7.40. The molecule has 1 aliphatic rings. The van der Waals surface area contributed by atoms with Gasteiger partial charge < -0.3 is 10.3 Å². The van der Waals surface area contributed by atoms with Crippen LogP contribution in [0.4, 0.5) is 0 Å². The first-order valence-electron chi connectivity index (χ1n) is 5.87. The van der Waals surface area contributed by atoms with Crippen LogP contribution in [0.3, 0.4) is 0 Å². The maximum atomic E-state index is 6.19. The van der Waals surface area contributed by atoms with Gasteiger partial charge in [-0.05, 0) is 24.7 Å². The van der Waals surface area contributed by atoms with Gasteiger partial charge in [-0.15, -0.1) is 0 Å². The van der Waals surface area contributed by atoms with E-state index in [1.54, 1.807) is 0 Å². The van der Waals surface area contributed by atoms with Crippen LogP contribution in [-0.4, -0.2) is 9.55 Å². The first-order valence-corrected chi connectivity index (χ1v) is 5.87. The summed E-state index contributed by atoms with van der Waals surface area (Å²) < 4.78 is 2.28. The average Bonchev–Trinajstić information content (AvgIpc) is 2.69. The molecule has 84 valence electrons. The Labute approximate surface area is 91.7 Å². The first-order chi connectivity index (χ1) is 7.09. The fourth-order valence-electron chi connectivity index (χ4n) is 2.20. The van der Waals surface area contributed by atoms with Crippen LogP contribution in [-0.2, 0) is 0 Å². The van der Waals surface area contributed by atoms with Gasteiger partial charge in [0.15, 0.2) is 0 Å².